The van der Waals surface area contributed by atoms with E-state index in [0.29, 0.717) is 6.42 Å². The summed E-state index contributed by atoms with van der Waals surface area (Å²) >= 11 is 0. The van der Waals surface area contributed by atoms with Crippen molar-refractivity contribution in [3.8, 4) is 0 Å². The second-order valence-electron chi connectivity index (χ2n) is 4.46. The lowest BCUT2D eigenvalue weighted by molar-refractivity contribution is -0.124. The van der Waals surface area contributed by atoms with Crippen molar-refractivity contribution in [2.45, 2.75) is 12.5 Å². The van der Waals surface area contributed by atoms with Gasteiger partial charge in [-0.25, -0.2) is 18.2 Å². The molecule has 1 aliphatic rings. The Kier molecular flexibility index (Phi) is 4.33. The first-order valence-electron chi connectivity index (χ1n) is 6.04. The van der Waals surface area contributed by atoms with Gasteiger partial charge in [-0.1, -0.05) is 6.07 Å². The van der Waals surface area contributed by atoms with Crippen LogP contribution in [-0.2, 0) is 19.4 Å². The zero-order valence-electron chi connectivity index (χ0n) is 10.6. The molecule has 0 spiro atoms. The van der Waals surface area contributed by atoms with Crippen LogP contribution in [0.4, 0.5) is 0 Å². The Morgan fingerprint density at radius 2 is 2.20 bits per heavy atom. The van der Waals surface area contributed by atoms with Crippen LogP contribution < -0.4 is 5.32 Å². The fraction of sp³-hybridized carbons (Fsp3) is 0.417. The third-order valence-corrected chi connectivity index (χ3v) is 4.57. The first-order valence-corrected chi connectivity index (χ1v) is 7.86. The average molecular weight is 298 g/mol. The second-order valence-corrected chi connectivity index (χ2v) is 6.69. The van der Waals surface area contributed by atoms with E-state index in [1.165, 1.54) is 12.3 Å². The molecule has 0 unspecified atom stereocenters. The summed E-state index contributed by atoms with van der Waals surface area (Å²) < 4.78 is 27.2. The molecule has 1 aromatic rings. The Morgan fingerprint density at radius 1 is 1.40 bits per heavy atom. The number of carbonyl (C=O) groups is 2. The van der Waals surface area contributed by atoms with Gasteiger partial charge in [-0.3, -0.25) is 4.79 Å². The van der Waals surface area contributed by atoms with Crippen molar-refractivity contribution in [1.82, 2.24) is 10.3 Å². The van der Waals surface area contributed by atoms with E-state index >= 15 is 0 Å². The molecule has 2 heterocycles. The van der Waals surface area contributed by atoms with E-state index in [4.69, 9.17) is 4.74 Å². The summed E-state index contributed by atoms with van der Waals surface area (Å²) in [6, 6.07) is 4.36. The van der Waals surface area contributed by atoms with Gasteiger partial charge in [0.1, 0.15) is 5.69 Å². The minimum Gasteiger partial charge on any atom is -0.451 e. The molecule has 0 aliphatic carbocycles. The molecule has 1 aromatic heterocycles. The minimum atomic E-state index is -3.05. The number of rotatable bonds is 4. The fourth-order valence-corrected chi connectivity index (χ4v) is 3.54. The molecule has 20 heavy (non-hydrogen) atoms. The van der Waals surface area contributed by atoms with Gasteiger partial charge in [-0.2, -0.15) is 0 Å². The van der Waals surface area contributed by atoms with Crippen molar-refractivity contribution in [2.24, 2.45) is 0 Å². The van der Waals surface area contributed by atoms with Crippen LogP contribution >= 0.6 is 0 Å². The van der Waals surface area contributed by atoms with Gasteiger partial charge in [-0.05, 0) is 18.6 Å². The molecule has 0 bridgehead atoms. The Hall–Kier alpha value is -1.96. The van der Waals surface area contributed by atoms with Gasteiger partial charge in [0.15, 0.2) is 16.4 Å². The molecule has 8 heteroatoms. The van der Waals surface area contributed by atoms with Gasteiger partial charge >= 0.3 is 5.97 Å². The molecule has 0 radical (unpaired) electrons. The van der Waals surface area contributed by atoms with Gasteiger partial charge < -0.3 is 10.1 Å². The highest BCUT2D eigenvalue weighted by Crippen LogP contribution is 2.10. The summed E-state index contributed by atoms with van der Waals surface area (Å²) in [5, 5.41) is 2.53. The largest absolute Gasteiger partial charge is 0.451 e. The minimum absolute atomic E-state index is 0.0626. The molecular formula is C12H14N2O5S. The van der Waals surface area contributed by atoms with Gasteiger partial charge in [-0.15, -0.1) is 0 Å². The predicted molar refractivity (Wildman–Crippen MR) is 69.7 cm³/mol. The number of ether oxygens (including phenoxy) is 1. The second kappa shape index (κ2) is 6.00. The van der Waals surface area contributed by atoms with Gasteiger partial charge in [0.2, 0.25) is 0 Å². The number of pyridine rings is 1. The zero-order valence-corrected chi connectivity index (χ0v) is 11.4. The van der Waals surface area contributed by atoms with Gasteiger partial charge in [0.25, 0.3) is 5.91 Å². The molecule has 108 valence electrons. The third kappa shape index (κ3) is 4.02. The van der Waals surface area contributed by atoms with Crippen molar-refractivity contribution in [1.29, 1.82) is 0 Å². The van der Waals surface area contributed by atoms with Crippen LogP contribution in [0.25, 0.3) is 0 Å². The molecule has 7 nitrogen and oxygen atoms in total. The van der Waals surface area contributed by atoms with E-state index in [-0.39, 0.29) is 17.2 Å². The molecular weight excluding hydrogens is 284 g/mol. The van der Waals surface area contributed by atoms with Crippen LogP contribution in [0.5, 0.6) is 0 Å². The SMILES string of the molecule is O=C(COC(=O)c1ccccn1)N[C@H]1CCS(=O)(=O)C1. The van der Waals surface area contributed by atoms with Crippen LogP contribution in [0.1, 0.15) is 16.9 Å². The maximum Gasteiger partial charge on any atom is 0.357 e. The van der Waals surface area contributed by atoms with E-state index in [1.807, 2.05) is 0 Å². The summed E-state index contributed by atoms with van der Waals surface area (Å²) in [4.78, 5) is 26.9. The molecule has 1 atom stereocenters. The predicted octanol–water partition coefficient (Wildman–Crippen LogP) is -0.458. The molecule has 1 aliphatic heterocycles. The molecule has 2 rings (SSSR count). The lowest BCUT2D eigenvalue weighted by atomic mass is 10.2. The summed E-state index contributed by atoms with van der Waals surface area (Å²) in [5.74, 6) is -1.20. The van der Waals surface area contributed by atoms with E-state index in [9.17, 15) is 18.0 Å². The van der Waals surface area contributed by atoms with Gasteiger partial charge in [0, 0.05) is 12.2 Å². The highest BCUT2D eigenvalue weighted by atomic mass is 32.2. The zero-order chi connectivity index (χ0) is 14.6. The van der Waals surface area contributed by atoms with Crippen LogP contribution in [-0.4, -0.2) is 49.4 Å². The summed E-state index contributed by atoms with van der Waals surface area (Å²) in [7, 11) is -3.05. The normalized spacial score (nSPS) is 20.3. The number of nitrogens with one attached hydrogen (secondary N) is 1. The lowest BCUT2D eigenvalue weighted by Crippen LogP contribution is -2.38. The maximum atomic E-state index is 11.5. The van der Waals surface area contributed by atoms with E-state index in [2.05, 4.69) is 10.3 Å². The van der Waals surface area contributed by atoms with Crippen LogP contribution in [0.3, 0.4) is 0 Å². The Labute approximate surface area is 116 Å². The Morgan fingerprint density at radius 3 is 2.80 bits per heavy atom. The molecule has 0 aromatic carbocycles. The Balaban J connectivity index is 1.77. The number of amides is 1. The number of carbonyl (C=O) groups excluding carboxylic acids is 2. The van der Waals surface area contributed by atoms with E-state index < -0.39 is 34.4 Å². The number of hydrogen-bond donors (Lipinski definition) is 1. The molecule has 1 fully saturated rings. The monoisotopic (exact) mass is 298 g/mol. The molecule has 1 saturated heterocycles. The first kappa shape index (κ1) is 14.4. The number of nitrogens with zero attached hydrogens (tertiary/aromatic N) is 1. The lowest BCUT2D eigenvalue weighted by Gasteiger charge is -2.10. The maximum absolute atomic E-state index is 11.5. The van der Waals surface area contributed by atoms with E-state index in [0.717, 1.165) is 0 Å². The quantitative estimate of drug-likeness (QED) is 0.755. The summed E-state index contributed by atoms with van der Waals surface area (Å²) in [6.45, 7) is -0.452. The van der Waals surface area contributed by atoms with Crippen LogP contribution in [0, 0.1) is 0 Å². The van der Waals surface area contributed by atoms with Crippen molar-refractivity contribution < 1.29 is 22.7 Å². The highest BCUT2D eigenvalue weighted by Gasteiger charge is 2.29. The number of hydrogen-bond acceptors (Lipinski definition) is 6. The molecule has 1 N–H and O–H groups in total. The number of aromatic nitrogens is 1. The van der Waals surface area contributed by atoms with Crippen molar-refractivity contribution in [3.63, 3.8) is 0 Å². The number of esters is 1. The van der Waals surface area contributed by atoms with Gasteiger partial charge in [0.05, 0.1) is 11.5 Å². The van der Waals surface area contributed by atoms with Crippen LogP contribution in [0.15, 0.2) is 24.4 Å². The Bertz CT molecular complexity index is 600. The van der Waals surface area contributed by atoms with Crippen molar-refractivity contribution in [3.05, 3.63) is 30.1 Å². The van der Waals surface area contributed by atoms with Crippen molar-refractivity contribution >= 4 is 21.7 Å². The fourth-order valence-electron chi connectivity index (χ4n) is 1.87. The third-order valence-electron chi connectivity index (χ3n) is 2.81. The topological polar surface area (TPSA) is 102 Å². The summed E-state index contributed by atoms with van der Waals surface area (Å²) in [5.41, 5.74) is 0.115. The molecule has 0 saturated carbocycles. The first-order chi connectivity index (χ1) is 9.46. The average Bonchev–Trinajstić information content (AvgIpc) is 2.76. The van der Waals surface area contributed by atoms with Crippen LogP contribution in [0.2, 0.25) is 0 Å². The van der Waals surface area contributed by atoms with Crippen molar-refractivity contribution in [2.75, 3.05) is 18.1 Å². The summed E-state index contributed by atoms with van der Waals surface area (Å²) in [6.07, 6.45) is 1.84. The molecule has 1 amide bonds. The standard InChI is InChI=1S/C12H14N2O5S/c15-11(14-9-4-6-20(17,18)8-9)7-19-12(16)10-3-1-2-5-13-10/h1-3,5,9H,4,6-8H2,(H,14,15)/t9-/m0/s1. The van der Waals surface area contributed by atoms with E-state index in [1.54, 1.807) is 12.1 Å². The number of sulfone groups is 1. The smallest absolute Gasteiger partial charge is 0.357 e. The highest BCUT2D eigenvalue weighted by molar-refractivity contribution is 7.91.